The molecule has 2 N–H and O–H groups in total. The van der Waals surface area contributed by atoms with Gasteiger partial charge in [0, 0.05) is 13.1 Å². The van der Waals surface area contributed by atoms with Crippen molar-refractivity contribution >= 4 is 6.01 Å². The Morgan fingerprint density at radius 3 is 2.93 bits per heavy atom. The summed E-state index contributed by atoms with van der Waals surface area (Å²) in [7, 11) is 2.01. The van der Waals surface area contributed by atoms with Gasteiger partial charge in [0.2, 0.25) is 0 Å². The van der Waals surface area contributed by atoms with Gasteiger partial charge in [0.1, 0.15) is 0 Å². The molecule has 0 saturated heterocycles. The third-order valence-corrected chi connectivity index (χ3v) is 3.24. The summed E-state index contributed by atoms with van der Waals surface area (Å²) in [5.41, 5.74) is 5.75. The van der Waals surface area contributed by atoms with Crippen molar-refractivity contribution in [2.24, 2.45) is 11.7 Å². The van der Waals surface area contributed by atoms with E-state index in [0.29, 0.717) is 23.8 Å². The molecule has 1 aromatic heterocycles. The quantitative estimate of drug-likeness (QED) is 0.804. The highest BCUT2D eigenvalue weighted by molar-refractivity contribution is 5.26. The van der Waals surface area contributed by atoms with Gasteiger partial charge in [-0.3, -0.25) is 0 Å². The van der Waals surface area contributed by atoms with Crippen LogP contribution < -0.4 is 10.6 Å². The number of anilines is 1. The fourth-order valence-corrected chi connectivity index (χ4v) is 2.37. The van der Waals surface area contributed by atoms with Crippen LogP contribution in [0.25, 0.3) is 0 Å². The first-order chi connectivity index (χ1) is 7.22. The largest absolute Gasteiger partial charge is 0.330 e. The lowest BCUT2D eigenvalue weighted by molar-refractivity contribution is 0.385. The Morgan fingerprint density at radius 2 is 2.33 bits per heavy atom. The molecular weight excluding hydrogens is 192 g/mol. The third kappa shape index (κ3) is 1.97. The Hall–Kier alpha value is -1.10. The molecular formula is C10H18N4O. The third-order valence-electron chi connectivity index (χ3n) is 3.24. The molecule has 1 aromatic rings. The number of hydrogen-bond acceptors (Lipinski definition) is 5. The van der Waals surface area contributed by atoms with Crippen LogP contribution in [-0.4, -0.2) is 29.8 Å². The number of aryl methyl sites for hydroxylation is 1. The minimum Gasteiger partial charge on any atom is -0.330 e. The van der Waals surface area contributed by atoms with Gasteiger partial charge in [-0.15, -0.1) is 0 Å². The lowest BCUT2D eigenvalue weighted by atomic mass is 10.0. The summed E-state index contributed by atoms with van der Waals surface area (Å²) >= 11 is 0. The standard InChI is InChI=1S/C10H18N4O/c1-7-12-10(15-13-7)14(2)9-5-3-4-8(9)6-11/h8-9H,3-6,11H2,1-2H3. The van der Waals surface area contributed by atoms with Gasteiger partial charge in [-0.2, -0.15) is 4.98 Å². The topological polar surface area (TPSA) is 68.2 Å². The van der Waals surface area contributed by atoms with E-state index in [4.69, 9.17) is 10.3 Å². The molecule has 15 heavy (non-hydrogen) atoms. The van der Waals surface area contributed by atoms with Gasteiger partial charge >= 0.3 is 6.01 Å². The molecule has 84 valence electrons. The summed E-state index contributed by atoms with van der Waals surface area (Å²) < 4.78 is 5.16. The normalized spacial score (nSPS) is 25.8. The van der Waals surface area contributed by atoms with Crippen LogP contribution in [0.5, 0.6) is 0 Å². The molecule has 1 fully saturated rings. The first-order valence-corrected chi connectivity index (χ1v) is 5.45. The van der Waals surface area contributed by atoms with Gasteiger partial charge in [0.25, 0.3) is 0 Å². The van der Waals surface area contributed by atoms with E-state index in [1.165, 1.54) is 19.3 Å². The molecule has 2 unspecified atom stereocenters. The maximum absolute atomic E-state index is 5.75. The van der Waals surface area contributed by atoms with Crippen LogP contribution in [0.1, 0.15) is 25.1 Å². The molecule has 0 bridgehead atoms. The Bertz CT molecular complexity index is 325. The Balaban J connectivity index is 2.10. The van der Waals surface area contributed by atoms with Crippen molar-refractivity contribution in [2.75, 3.05) is 18.5 Å². The summed E-state index contributed by atoms with van der Waals surface area (Å²) in [5, 5.41) is 3.80. The van der Waals surface area contributed by atoms with Crippen LogP contribution in [0.3, 0.4) is 0 Å². The van der Waals surface area contributed by atoms with E-state index in [1.54, 1.807) is 0 Å². The molecule has 1 aliphatic carbocycles. The fourth-order valence-electron chi connectivity index (χ4n) is 2.37. The summed E-state index contributed by atoms with van der Waals surface area (Å²) in [6.45, 7) is 2.57. The van der Waals surface area contributed by atoms with Gasteiger partial charge in [-0.1, -0.05) is 11.6 Å². The predicted octanol–water partition coefficient (Wildman–Crippen LogP) is 0.942. The summed E-state index contributed by atoms with van der Waals surface area (Å²) in [6.07, 6.45) is 3.61. The molecule has 2 atom stereocenters. The number of hydrogen-bond donors (Lipinski definition) is 1. The van der Waals surface area contributed by atoms with Crippen molar-refractivity contribution in [2.45, 2.75) is 32.2 Å². The van der Waals surface area contributed by atoms with Crippen molar-refractivity contribution in [3.8, 4) is 0 Å². The van der Waals surface area contributed by atoms with Crippen molar-refractivity contribution in [1.29, 1.82) is 0 Å². The molecule has 0 amide bonds. The Kier molecular flexibility index (Phi) is 2.90. The number of nitrogens with two attached hydrogens (primary N) is 1. The minimum atomic E-state index is 0.454. The second kappa shape index (κ2) is 4.18. The molecule has 0 aliphatic heterocycles. The summed E-state index contributed by atoms with van der Waals surface area (Å²) in [5.74, 6) is 1.24. The van der Waals surface area contributed by atoms with Crippen LogP contribution in [0.4, 0.5) is 6.01 Å². The first kappa shape index (κ1) is 10.4. The van der Waals surface area contributed by atoms with Crippen LogP contribution in [0, 0.1) is 12.8 Å². The average molecular weight is 210 g/mol. The lowest BCUT2D eigenvalue weighted by Crippen LogP contribution is -2.37. The van der Waals surface area contributed by atoms with Crippen molar-refractivity contribution in [3.63, 3.8) is 0 Å². The second-order valence-electron chi connectivity index (χ2n) is 4.23. The average Bonchev–Trinajstić information content (AvgIpc) is 2.84. The first-order valence-electron chi connectivity index (χ1n) is 5.45. The smallest absolute Gasteiger partial charge is 0.324 e. The zero-order valence-electron chi connectivity index (χ0n) is 9.31. The van der Waals surface area contributed by atoms with Gasteiger partial charge in [0.15, 0.2) is 5.82 Å². The molecule has 1 heterocycles. The molecule has 5 nitrogen and oxygen atoms in total. The van der Waals surface area contributed by atoms with E-state index >= 15 is 0 Å². The van der Waals surface area contributed by atoms with Crippen LogP contribution >= 0.6 is 0 Å². The van der Waals surface area contributed by atoms with E-state index in [2.05, 4.69) is 15.0 Å². The number of rotatable bonds is 3. The zero-order valence-corrected chi connectivity index (χ0v) is 9.31. The monoisotopic (exact) mass is 210 g/mol. The molecule has 5 heteroatoms. The molecule has 2 rings (SSSR count). The van der Waals surface area contributed by atoms with Gasteiger partial charge in [-0.25, -0.2) is 0 Å². The SMILES string of the molecule is Cc1noc(N(C)C2CCCC2CN)n1. The zero-order chi connectivity index (χ0) is 10.8. The molecule has 1 aliphatic rings. The van der Waals surface area contributed by atoms with E-state index in [1.807, 2.05) is 14.0 Å². The van der Waals surface area contributed by atoms with E-state index in [9.17, 15) is 0 Å². The highest BCUT2D eigenvalue weighted by Gasteiger charge is 2.31. The number of aromatic nitrogens is 2. The highest BCUT2D eigenvalue weighted by atomic mass is 16.5. The van der Waals surface area contributed by atoms with Gasteiger partial charge < -0.3 is 15.2 Å². The van der Waals surface area contributed by atoms with Crippen LogP contribution in [0.15, 0.2) is 4.52 Å². The molecule has 0 aromatic carbocycles. The summed E-state index contributed by atoms with van der Waals surface area (Å²) in [4.78, 5) is 6.31. The van der Waals surface area contributed by atoms with Crippen LogP contribution in [-0.2, 0) is 0 Å². The van der Waals surface area contributed by atoms with Crippen LogP contribution in [0.2, 0.25) is 0 Å². The minimum absolute atomic E-state index is 0.454. The van der Waals surface area contributed by atoms with Crippen molar-refractivity contribution in [1.82, 2.24) is 10.1 Å². The maximum atomic E-state index is 5.75. The van der Waals surface area contributed by atoms with E-state index in [-0.39, 0.29) is 0 Å². The second-order valence-corrected chi connectivity index (χ2v) is 4.23. The molecule has 1 saturated carbocycles. The number of nitrogens with zero attached hydrogens (tertiary/aromatic N) is 3. The molecule has 0 radical (unpaired) electrons. The van der Waals surface area contributed by atoms with Gasteiger partial charge in [0.05, 0.1) is 0 Å². The van der Waals surface area contributed by atoms with Crippen molar-refractivity contribution in [3.05, 3.63) is 5.82 Å². The maximum Gasteiger partial charge on any atom is 0.324 e. The fraction of sp³-hybridized carbons (Fsp3) is 0.800. The Morgan fingerprint density at radius 1 is 1.53 bits per heavy atom. The summed E-state index contributed by atoms with van der Waals surface area (Å²) in [6, 6.07) is 1.06. The van der Waals surface area contributed by atoms with Gasteiger partial charge in [-0.05, 0) is 32.2 Å². The van der Waals surface area contributed by atoms with E-state index < -0.39 is 0 Å². The van der Waals surface area contributed by atoms with E-state index in [0.717, 1.165) is 6.54 Å². The predicted molar refractivity (Wildman–Crippen MR) is 57.6 cm³/mol. The highest BCUT2D eigenvalue weighted by Crippen LogP contribution is 2.30. The molecule has 0 spiro atoms. The lowest BCUT2D eigenvalue weighted by Gasteiger charge is -2.27. The Labute approximate surface area is 89.6 Å². The van der Waals surface area contributed by atoms with Crippen molar-refractivity contribution < 1.29 is 4.52 Å².